The van der Waals surface area contributed by atoms with E-state index < -0.39 is 0 Å². The van der Waals surface area contributed by atoms with Gasteiger partial charge in [-0.3, -0.25) is 4.90 Å². The lowest BCUT2D eigenvalue weighted by Crippen LogP contribution is -2.56. The topological polar surface area (TPSA) is 32.5 Å². The molecule has 3 heteroatoms. The molecule has 1 unspecified atom stereocenters. The van der Waals surface area contributed by atoms with E-state index in [2.05, 4.69) is 30.6 Å². The fourth-order valence-electron chi connectivity index (χ4n) is 3.67. The Hall–Kier alpha value is -0.120. The van der Waals surface area contributed by atoms with E-state index in [9.17, 15) is 0 Å². The quantitative estimate of drug-likeness (QED) is 0.801. The number of hydrogen-bond acceptors (Lipinski definition) is 3. The molecule has 2 N–H and O–H groups in total. The second kappa shape index (κ2) is 6.55. The number of nitrogens with two attached hydrogens (primary N) is 1. The fourth-order valence-corrected chi connectivity index (χ4v) is 3.67. The van der Waals surface area contributed by atoms with Gasteiger partial charge in [0.1, 0.15) is 0 Å². The molecule has 0 aromatic heterocycles. The summed E-state index contributed by atoms with van der Waals surface area (Å²) < 4.78 is 0. The van der Waals surface area contributed by atoms with Crippen molar-refractivity contribution in [2.24, 2.45) is 11.7 Å². The van der Waals surface area contributed by atoms with Crippen LogP contribution in [0.4, 0.5) is 0 Å². The highest BCUT2D eigenvalue weighted by Crippen LogP contribution is 2.38. The van der Waals surface area contributed by atoms with Crippen LogP contribution < -0.4 is 5.73 Å². The minimum Gasteiger partial charge on any atom is -0.329 e. The summed E-state index contributed by atoms with van der Waals surface area (Å²) in [6.07, 6.45) is 6.66. The molecule has 0 aromatic rings. The summed E-state index contributed by atoms with van der Waals surface area (Å²) in [5.41, 5.74) is 6.56. The van der Waals surface area contributed by atoms with Gasteiger partial charge in [-0.05, 0) is 57.7 Å². The summed E-state index contributed by atoms with van der Waals surface area (Å²) in [4.78, 5) is 5.40. The van der Waals surface area contributed by atoms with Crippen molar-refractivity contribution in [1.29, 1.82) is 0 Å². The molecule has 0 radical (unpaired) electrons. The molecule has 1 saturated heterocycles. The Morgan fingerprint density at radius 3 is 2.53 bits per heavy atom. The van der Waals surface area contributed by atoms with Gasteiger partial charge in [0, 0.05) is 24.7 Å². The third-order valence-electron chi connectivity index (χ3n) is 5.00. The summed E-state index contributed by atoms with van der Waals surface area (Å²) in [5, 5.41) is 0. The van der Waals surface area contributed by atoms with Crippen LogP contribution in [0.15, 0.2) is 0 Å². The van der Waals surface area contributed by atoms with Crippen LogP contribution in [-0.4, -0.2) is 54.1 Å². The van der Waals surface area contributed by atoms with Gasteiger partial charge in [-0.15, -0.1) is 0 Å². The Kier molecular flexibility index (Phi) is 5.27. The molecule has 112 valence electrons. The Morgan fingerprint density at radius 2 is 2.00 bits per heavy atom. The van der Waals surface area contributed by atoms with Crippen molar-refractivity contribution in [2.45, 2.75) is 64.5 Å². The van der Waals surface area contributed by atoms with Gasteiger partial charge in [0.05, 0.1) is 0 Å². The van der Waals surface area contributed by atoms with E-state index >= 15 is 0 Å². The summed E-state index contributed by atoms with van der Waals surface area (Å²) in [7, 11) is 0. The molecule has 1 heterocycles. The van der Waals surface area contributed by atoms with Gasteiger partial charge in [0.25, 0.3) is 0 Å². The maximum absolute atomic E-state index is 6.28. The van der Waals surface area contributed by atoms with Gasteiger partial charge in [0.2, 0.25) is 0 Å². The van der Waals surface area contributed by atoms with Crippen molar-refractivity contribution in [3.8, 4) is 0 Å². The normalized spacial score (nSPS) is 30.0. The first kappa shape index (κ1) is 15.3. The van der Waals surface area contributed by atoms with E-state index in [0.29, 0.717) is 0 Å². The van der Waals surface area contributed by atoms with Crippen molar-refractivity contribution >= 4 is 0 Å². The fraction of sp³-hybridized carbons (Fsp3) is 1.00. The Morgan fingerprint density at radius 1 is 1.26 bits per heavy atom. The molecule has 0 bridgehead atoms. The van der Waals surface area contributed by atoms with E-state index in [4.69, 9.17) is 5.73 Å². The SMILES string of the molecule is CCN1CCCC(CN)(N(CC(C)C)C2CC2)CC1. The summed E-state index contributed by atoms with van der Waals surface area (Å²) >= 11 is 0. The lowest BCUT2D eigenvalue weighted by molar-refractivity contribution is 0.0576. The van der Waals surface area contributed by atoms with Crippen molar-refractivity contribution in [1.82, 2.24) is 9.80 Å². The zero-order valence-electron chi connectivity index (χ0n) is 13.2. The zero-order valence-corrected chi connectivity index (χ0v) is 13.2. The van der Waals surface area contributed by atoms with Crippen molar-refractivity contribution < 1.29 is 0 Å². The second-order valence-corrected chi connectivity index (χ2v) is 6.99. The number of rotatable bonds is 6. The van der Waals surface area contributed by atoms with Crippen LogP contribution in [0.1, 0.15) is 52.9 Å². The van der Waals surface area contributed by atoms with Gasteiger partial charge in [0.15, 0.2) is 0 Å². The van der Waals surface area contributed by atoms with E-state index in [1.54, 1.807) is 0 Å². The van der Waals surface area contributed by atoms with E-state index in [0.717, 1.165) is 18.5 Å². The minimum absolute atomic E-state index is 0.287. The van der Waals surface area contributed by atoms with Gasteiger partial charge >= 0.3 is 0 Å². The van der Waals surface area contributed by atoms with Crippen molar-refractivity contribution in [2.75, 3.05) is 32.7 Å². The van der Waals surface area contributed by atoms with Gasteiger partial charge in [-0.2, -0.15) is 0 Å². The molecule has 2 aliphatic rings. The van der Waals surface area contributed by atoms with Crippen molar-refractivity contribution in [3.05, 3.63) is 0 Å². The standard InChI is InChI=1S/C16H33N3/c1-4-18-10-5-8-16(13-17,9-11-18)19(12-14(2)3)15-6-7-15/h14-15H,4-13,17H2,1-3H3. The average molecular weight is 267 g/mol. The highest BCUT2D eigenvalue weighted by molar-refractivity contribution is 5.01. The molecule has 3 nitrogen and oxygen atoms in total. The first-order chi connectivity index (χ1) is 9.11. The summed E-state index contributed by atoms with van der Waals surface area (Å²) in [6.45, 7) is 12.7. The largest absolute Gasteiger partial charge is 0.329 e. The molecule has 19 heavy (non-hydrogen) atoms. The monoisotopic (exact) mass is 267 g/mol. The van der Waals surface area contributed by atoms with Crippen LogP contribution in [0.3, 0.4) is 0 Å². The van der Waals surface area contributed by atoms with E-state index in [-0.39, 0.29) is 5.54 Å². The molecule has 0 amide bonds. The van der Waals surface area contributed by atoms with Crippen LogP contribution in [0, 0.1) is 5.92 Å². The highest BCUT2D eigenvalue weighted by atomic mass is 15.3. The van der Waals surface area contributed by atoms with Crippen LogP contribution in [0.25, 0.3) is 0 Å². The third kappa shape index (κ3) is 3.71. The van der Waals surface area contributed by atoms with E-state index in [1.165, 1.54) is 58.3 Å². The third-order valence-corrected chi connectivity index (χ3v) is 5.00. The van der Waals surface area contributed by atoms with E-state index in [1.807, 2.05) is 0 Å². The van der Waals surface area contributed by atoms with Crippen LogP contribution in [0.2, 0.25) is 0 Å². The number of likely N-dealkylation sites (tertiary alicyclic amines) is 1. The lowest BCUT2D eigenvalue weighted by atomic mass is 9.87. The summed E-state index contributed by atoms with van der Waals surface area (Å²) in [5.74, 6) is 0.745. The Bertz CT molecular complexity index is 275. The lowest BCUT2D eigenvalue weighted by Gasteiger charge is -2.44. The first-order valence-electron chi connectivity index (χ1n) is 8.30. The zero-order chi connectivity index (χ0) is 13.9. The molecular formula is C16H33N3. The summed E-state index contributed by atoms with van der Waals surface area (Å²) in [6, 6.07) is 0.833. The minimum atomic E-state index is 0.287. The van der Waals surface area contributed by atoms with Crippen LogP contribution in [-0.2, 0) is 0 Å². The maximum atomic E-state index is 6.28. The Balaban J connectivity index is 2.09. The van der Waals surface area contributed by atoms with Crippen molar-refractivity contribution in [3.63, 3.8) is 0 Å². The molecule has 1 aliphatic carbocycles. The van der Waals surface area contributed by atoms with Crippen LogP contribution in [0.5, 0.6) is 0 Å². The van der Waals surface area contributed by atoms with Gasteiger partial charge in [-0.1, -0.05) is 20.8 Å². The number of nitrogens with zero attached hydrogens (tertiary/aromatic N) is 2. The molecule has 1 saturated carbocycles. The molecule has 0 spiro atoms. The molecule has 0 aromatic carbocycles. The second-order valence-electron chi connectivity index (χ2n) is 6.99. The highest BCUT2D eigenvalue weighted by Gasteiger charge is 2.43. The Labute approximate surface area is 119 Å². The molecule has 2 rings (SSSR count). The van der Waals surface area contributed by atoms with Gasteiger partial charge < -0.3 is 10.6 Å². The predicted octanol–water partition coefficient (Wildman–Crippen LogP) is 2.31. The average Bonchev–Trinajstić information content (AvgIpc) is 3.22. The maximum Gasteiger partial charge on any atom is 0.0347 e. The molecule has 2 fully saturated rings. The van der Waals surface area contributed by atoms with Crippen LogP contribution >= 0.6 is 0 Å². The predicted molar refractivity (Wildman–Crippen MR) is 82.3 cm³/mol. The number of hydrogen-bond donors (Lipinski definition) is 1. The van der Waals surface area contributed by atoms with Gasteiger partial charge in [-0.25, -0.2) is 0 Å². The first-order valence-corrected chi connectivity index (χ1v) is 8.30. The molecule has 1 aliphatic heterocycles. The molecular weight excluding hydrogens is 234 g/mol. The molecule has 1 atom stereocenters. The smallest absolute Gasteiger partial charge is 0.0347 e.